The second kappa shape index (κ2) is 7.20. The van der Waals surface area contributed by atoms with Crippen LogP contribution >= 0.6 is 11.3 Å². The Kier molecular flexibility index (Phi) is 5.15. The lowest BCUT2D eigenvalue weighted by molar-refractivity contribution is 0.0479. The summed E-state index contributed by atoms with van der Waals surface area (Å²) in [6.07, 6.45) is 0.559. The molecule has 0 unspecified atom stereocenters. The fraction of sp³-hybridized carbons (Fsp3) is 0.333. The first-order valence-corrected chi connectivity index (χ1v) is 10.6. The van der Waals surface area contributed by atoms with Crippen molar-refractivity contribution in [2.45, 2.75) is 20.3 Å². The minimum Gasteiger partial charge on any atom is -0.453 e. The van der Waals surface area contributed by atoms with E-state index >= 15 is 0 Å². The Bertz CT molecular complexity index is 962. The maximum absolute atomic E-state index is 12.3. The number of carbonyl (C=O) groups excluding carboxylic acids is 2. The summed E-state index contributed by atoms with van der Waals surface area (Å²) in [5.41, 5.74) is 1.84. The Morgan fingerprint density at radius 1 is 1.23 bits per heavy atom. The number of aryl methyl sites for hydroxylation is 1. The van der Waals surface area contributed by atoms with Crippen LogP contribution in [-0.2, 0) is 21.2 Å². The zero-order valence-electron chi connectivity index (χ0n) is 14.5. The van der Waals surface area contributed by atoms with Crippen LogP contribution in [0.25, 0.3) is 0 Å². The number of ketones is 1. The normalized spacial score (nSPS) is 13.5. The average Bonchev–Trinajstić information content (AvgIpc) is 3.25. The maximum Gasteiger partial charge on any atom is 0.348 e. The molecule has 0 saturated carbocycles. The van der Waals surface area contributed by atoms with Gasteiger partial charge in [-0.2, -0.15) is 0 Å². The molecule has 0 spiro atoms. The number of hydrogen-bond acceptors (Lipinski definition) is 6. The molecule has 0 atom stereocenters. The van der Waals surface area contributed by atoms with Crippen molar-refractivity contribution in [1.29, 1.82) is 0 Å². The summed E-state index contributed by atoms with van der Waals surface area (Å²) in [7, 11) is -3.31. The van der Waals surface area contributed by atoms with Crippen molar-refractivity contribution in [3.05, 3.63) is 51.2 Å². The van der Waals surface area contributed by atoms with E-state index in [9.17, 15) is 18.0 Å². The molecule has 0 amide bonds. The lowest BCUT2D eigenvalue weighted by Crippen LogP contribution is -2.30. The van der Waals surface area contributed by atoms with Crippen molar-refractivity contribution in [3.8, 4) is 0 Å². The van der Waals surface area contributed by atoms with Crippen LogP contribution in [0, 0.1) is 6.92 Å². The molecular weight excluding hydrogens is 374 g/mol. The van der Waals surface area contributed by atoms with Crippen molar-refractivity contribution in [1.82, 2.24) is 0 Å². The van der Waals surface area contributed by atoms with E-state index in [-0.39, 0.29) is 18.1 Å². The highest BCUT2D eigenvalue weighted by Gasteiger charge is 2.28. The first kappa shape index (κ1) is 18.6. The summed E-state index contributed by atoms with van der Waals surface area (Å²) in [5, 5.41) is 0. The molecule has 0 fully saturated rings. The van der Waals surface area contributed by atoms with Crippen LogP contribution in [0.1, 0.15) is 37.4 Å². The van der Waals surface area contributed by atoms with Crippen LogP contribution in [0.5, 0.6) is 0 Å². The third kappa shape index (κ3) is 3.66. The van der Waals surface area contributed by atoms with E-state index in [1.165, 1.54) is 15.6 Å². The lowest BCUT2D eigenvalue weighted by Gasteiger charge is -2.18. The fourth-order valence-electron chi connectivity index (χ4n) is 2.82. The summed E-state index contributed by atoms with van der Waals surface area (Å²) in [5.74, 6) is -0.797. The van der Waals surface area contributed by atoms with Crippen molar-refractivity contribution < 1.29 is 22.7 Å². The first-order chi connectivity index (χ1) is 12.3. The van der Waals surface area contributed by atoms with E-state index in [2.05, 4.69) is 0 Å². The number of hydrogen-bond donors (Lipinski definition) is 0. The largest absolute Gasteiger partial charge is 0.453 e. The molecule has 0 bridgehead atoms. The zero-order chi connectivity index (χ0) is 18.9. The molecule has 1 aromatic carbocycles. The summed E-state index contributed by atoms with van der Waals surface area (Å²) < 4.78 is 30.7. The van der Waals surface area contributed by atoms with Crippen molar-refractivity contribution in [2.75, 3.05) is 23.2 Å². The van der Waals surface area contributed by atoms with Gasteiger partial charge in [0.1, 0.15) is 4.88 Å². The summed E-state index contributed by atoms with van der Waals surface area (Å²) in [6, 6.07) is 8.40. The van der Waals surface area contributed by atoms with Crippen LogP contribution in [0.3, 0.4) is 0 Å². The van der Waals surface area contributed by atoms with Gasteiger partial charge >= 0.3 is 5.97 Å². The molecule has 6 nitrogen and oxygen atoms in total. The Labute approximate surface area is 156 Å². The highest BCUT2D eigenvalue weighted by atomic mass is 32.2. The molecule has 1 aliphatic heterocycles. The molecule has 3 rings (SSSR count). The van der Waals surface area contributed by atoms with E-state index in [0.717, 1.165) is 10.4 Å². The number of nitrogens with zero attached hydrogens (tertiary/aromatic N) is 1. The van der Waals surface area contributed by atoms with Crippen LogP contribution in [0.2, 0.25) is 0 Å². The fourth-order valence-corrected chi connectivity index (χ4v) is 4.74. The van der Waals surface area contributed by atoms with Gasteiger partial charge in [-0.15, -0.1) is 11.3 Å². The number of ether oxygens (including phenoxy) is 1. The highest BCUT2D eigenvalue weighted by Crippen LogP contribution is 2.31. The van der Waals surface area contributed by atoms with Crippen LogP contribution in [0.4, 0.5) is 5.69 Å². The minimum atomic E-state index is -3.31. The first-order valence-electron chi connectivity index (χ1n) is 8.22. The molecule has 2 heterocycles. The van der Waals surface area contributed by atoms with Gasteiger partial charge in [0, 0.05) is 17.0 Å². The Morgan fingerprint density at radius 2 is 2.00 bits per heavy atom. The minimum absolute atomic E-state index is 0.0330. The molecule has 138 valence electrons. The van der Waals surface area contributed by atoms with Crippen molar-refractivity contribution in [2.24, 2.45) is 0 Å². The van der Waals surface area contributed by atoms with Gasteiger partial charge in [-0.3, -0.25) is 9.10 Å². The van der Waals surface area contributed by atoms with Gasteiger partial charge in [0.05, 0.1) is 11.4 Å². The molecular formula is C18H19NO5S2. The smallest absolute Gasteiger partial charge is 0.348 e. The number of sulfonamides is 1. The summed E-state index contributed by atoms with van der Waals surface area (Å²) in [6.45, 7) is 3.54. The monoisotopic (exact) mass is 393 g/mol. The molecule has 0 aliphatic carbocycles. The summed E-state index contributed by atoms with van der Waals surface area (Å²) >= 11 is 1.32. The lowest BCUT2D eigenvalue weighted by atomic mass is 10.1. The van der Waals surface area contributed by atoms with Crippen LogP contribution in [-0.4, -0.2) is 39.1 Å². The number of anilines is 1. The number of thiophene rings is 1. The van der Waals surface area contributed by atoms with Crippen molar-refractivity contribution in [3.63, 3.8) is 0 Å². The summed E-state index contributed by atoms with van der Waals surface area (Å²) in [4.78, 5) is 25.7. The molecule has 8 heteroatoms. The second-order valence-corrected chi connectivity index (χ2v) is 9.45. The molecule has 0 radical (unpaired) electrons. The van der Waals surface area contributed by atoms with Crippen LogP contribution in [0.15, 0.2) is 30.3 Å². The quantitative estimate of drug-likeness (QED) is 0.557. The van der Waals surface area contributed by atoms with Gasteiger partial charge in [0.2, 0.25) is 10.0 Å². The molecule has 1 aliphatic rings. The van der Waals surface area contributed by atoms with Gasteiger partial charge in [-0.1, -0.05) is 0 Å². The predicted octanol–water partition coefficient (Wildman–Crippen LogP) is 2.81. The average molecular weight is 393 g/mol. The number of esters is 1. The number of fused-ring (bicyclic) bond motifs is 1. The van der Waals surface area contributed by atoms with E-state index in [1.54, 1.807) is 31.2 Å². The topological polar surface area (TPSA) is 80.8 Å². The molecule has 26 heavy (non-hydrogen) atoms. The number of benzene rings is 1. The van der Waals surface area contributed by atoms with Crippen LogP contribution < -0.4 is 4.31 Å². The van der Waals surface area contributed by atoms with Gasteiger partial charge in [-0.05, 0) is 56.2 Å². The number of Topliss-reactive ketones (excluding diaryl/α,β-unsaturated/α-hetero) is 1. The Morgan fingerprint density at radius 3 is 2.65 bits per heavy atom. The standard InChI is InChI=1S/C18H19NO5S2/c1-3-26(22,23)19-9-8-13-10-14(5-6-15(13)19)16(20)11-24-18(21)17-7-4-12(2)25-17/h4-7,10H,3,8-9,11H2,1-2H3. The molecule has 0 N–H and O–H groups in total. The second-order valence-electron chi connectivity index (χ2n) is 5.98. The van der Waals surface area contributed by atoms with Gasteiger partial charge in [0.15, 0.2) is 12.4 Å². The predicted molar refractivity (Wildman–Crippen MR) is 101 cm³/mol. The third-order valence-corrected chi connectivity index (χ3v) is 6.99. The van der Waals surface area contributed by atoms with E-state index < -0.39 is 16.0 Å². The molecule has 0 saturated heterocycles. The van der Waals surface area contributed by atoms with E-state index in [0.29, 0.717) is 29.1 Å². The third-order valence-electron chi connectivity index (χ3n) is 4.23. The zero-order valence-corrected chi connectivity index (χ0v) is 16.2. The van der Waals surface area contributed by atoms with E-state index in [1.807, 2.05) is 13.0 Å². The Hall–Kier alpha value is -2.19. The van der Waals surface area contributed by atoms with E-state index in [4.69, 9.17) is 4.74 Å². The molecule has 2 aromatic rings. The van der Waals surface area contributed by atoms with Gasteiger partial charge in [-0.25, -0.2) is 13.2 Å². The molecule has 1 aromatic heterocycles. The SMILES string of the molecule is CCS(=O)(=O)N1CCc2cc(C(=O)COC(=O)c3ccc(C)s3)ccc21. The van der Waals surface area contributed by atoms with Crippen molar-refractivity contribution >= 4 is 38.8 Å². The Balaban J connectivity index is 1.69. The number of carbonyl (C=O) groups is 2. The number of rotatable bonds is 6. The van der Waals surface area contributed by atoms with Gasteiger partial charge < -0.3 is 4.74 Å². The highest BCUT2D eigenvalue weighted by molar-refractivity contribution is 7.92. The van der Waals surface area contributed by atoms with Gasteiger partial charge in [0.25, 0.3) is 0 Å². The maximum atomic E-state index is 12.3.